The van der Waals surface area contributed by atoms with Crippen LogP contribution in [0.1, 0.15) is 12.5 Å². The molecule has 0 bridgehead atoms. The Bertz CT molecular complexity index is 682. The second-order valence-corrected chi connectivity index (χ2v) is 5.28. The van der Waals surface area contributed by atoms with Gasteiger partial charge in [-0.15, -0.1) is 0 Å². The van der Waals surface area contributed by atoms with E-state index in [2.05, 4.69) is 11.4 Å². The third-order valence-electron chi connectivity index (χ3n) is 2.95. The Hall–Kier alpha value is -1.76. The van der Waals surface area contributed by atoms with Gasteiger partial charge in [-0.3, -0.25) is 0 Å². The summed E-state index contributed by atoms with van der Waals surface area (Å²) in [6, 6.07) is 13.2. The molecule has 0 aromatic heterocycles. The zero-order valence-corrected chi connectivity index (χ0v) is 12.1. The predicted molar refractivity (Wildman–Crippen MR) is 79.4 cm³/mol. The molecule has 0 amide bonds. The summed E-state index contributed by atoms with van der Waals surface area (Å²) < 4.78 is 13.1. The minimum absolute atomic E-state index is 0.189. The number of benzene rings is 2. The molecule has 2 aromatic carbocycles. The number of nitrogens with one attached hydrogen (secondary N) is 1. The third-order valence-corrected chi connectivity index (χ3v) is 3.59. The van der Waals surface area contributed by atoms with E-state index in [1.54, 1.807) is 31.2 Å². The van der Waals surface area contributed by atoms with Gasteiger partial charge < -0.3 is 5.32 Å². The predicted octanol–water partition coefficient (Wildman–Crippen LogP) is 4.98. The lowest BCUT2D eigenvalue weighted by Gasteiger charge is -2.26. The van der Waals surface area contributed by atoms with Crippen LogP contribution in [0.2, 0.25) is 10.0 Å². The molecule has 2 nitrogen and oxygen atoms in total. The van der Waals surface area contributed by atoms with Crippen molar-refractivity contribution in [1.29, 1.82) is 5.26 Å². The topological polar surface area (TPSA) is 35.8 Å². The lowest BCUT2D eigenvalue weighted by molar-refractivity contribution is 0.623. The molecule has 1 N–H and O–H groups in total. The molecule has 0 saturated carbocycles. The largest absolute Gasteiger partial charge is 0.363 e. The van der Waals surface area contributed by atoms with Crippen molar-refractivity contribution in [2.24, 2.45) is 0 Å². The first-order chi connectivity index (χ1) is 9.46. The Balaban J connectivity index is 2.44. The fourth-order valence-corrected chi connectivity index (χ4v) is 2.42. The molecule has 5 heteroatoms. The molecule has 0 aliphatic rings. The van der Waals surface area contributed by atoms with Gasteiger partial charge in [-0.1, -0.05) is 41.4 Å². The van der Waals surface area contributed by atoms with E-state index in [0.29, 0.717) is 16.3 Å². The van der Waals surface area contributed by atoms with Crippen molar-refractivity contribution < 1.29 is 4.39 Å². The van der Waals surface area contributed by atoms with E-state index >= 15 is 0 Å². The molecule has 102 valence electrons. The second-order valence-electron chi connectivity index (χ2n) is 4.47. The first-order valence-electron chi connectivity index (χ1n) is 5.86. The Kier molecular flexibility index (Phi) is 4.17. The molecule has 20 heavy (non-hydrogen) atoms. The number of nitriles is 1. The third kappa shape index (κ3) is 2.87. The van der Waals surface area contributed by atoms with E-state index in [1.807, 2.05) is 0 Å². The number of rotatable bonds is 3. The lowest BCUT2D eigenvalue weighted by Crippen LogP contribution is -2.30. The molecule has 0 aliphatic heterocycles. The Labute approximate surface area is 126 Å². The van der Waals surface area contributed by atoms with Crippen LogP contribution < -0.4 is 5.32 Å². The van der Waals surface area contributed by atoms with Crippen LogP contribution in [0.4, 0.5) is 10.1 Å². The monoisotopic (exact) mass is 308 g/mol. The van der Waals surface area contributed by atoms with Gasteiger partial charge in [0, 0.05) is 5.56 Å². The van der Waals surface area contributed by atoms with E-state index in [0.717, 1.165) is 0 Å². The summed E-state index contributed by atoms with van der Waals surface area (Å²) in [6.07, 6.45) is 0. The minimum atomic E-state index is -1.12. The maximum atomic E-state index is 13.1. The van der Waals surface area contributed by atoms with Crippen LogP contribution in [0, 0.1) is 17.1 Å². The van der Waals surface area contributed by atoms with Crippen molar-refractivity contribution in [3.63, 3.8) is 0 Å². The van der Waals surface area contributed by atoms with Gasteiger partial charge in [0.05, 0.1) is 21.8 Å². The van der Waals surface area contributed by atoms with Gasteiger partial charge in [-0.2, -0.15) is 5.26 Å². The summed E-state index contributed by atoms with van der Waals surface area (Å²) in [5.74, 6) is -0.447. The number of halogens is 3. The van der Waals surface area contributed by atoms with Crippen LogP contribution in [-0.2, 0) is 5.54 Å². The minimum Gasteiger partial charge on any atom is -0.363 e. The first kappa shape index (κ1) is 14.6. The molecule has 0 heterocycles. The van der Waals surface area contributed by atoms with Crippen molar-refractivity contribution in [2.45, 2.75) is 12.5 Å². The van der Waals surface area contributed by atoms with Crippen LogP contribution in [0.3, 0.4) is 0 Å². The van der Waals surface area contributed by atoms with Crippen LogP contribution >= 0.6 is 23.2 Å². The highest BCUT2D eigenvalue weighted by atomic mass is 35.5. The van der Waals surface area contributed by atoms with Crippen LogP contribution in [0.15, 0.2) is 42.5 Å². The molecule has 1 unspecified atom stereocenters. The van der Waals surface area contributed by atoms with Gasteiger partial charge in [0.2, 0.25) is 0 Å². The fraction of sp³-hybridized carbons (Fsp3) is 0.133. The summed E-state index contributed by atoms with van der Waals surface area (Å²) in [5, 5.41) is 13.2. The normalized spacial score (nSPS) is 13.3. The summed E-state index contributed by atoms with van der Waals surface area (Å²) in [7, 11) is 0. The molecule has 0 radical (unpaired) electrons. The number of hydrogen-bond donors (Lipinski definition) is 1. The first-order valence-corrected chi connectivity index (χ1v) is 6.61. The quantitative estimate of drug-likeness (QED) is 0.867. The highest BCUT2D eigenvalue weighted by molar-refractivity contribution is 6.33. The molecule has 2 rings (SSSR count). The van der Waals surface area contributed by atoms with Gasteiger partial charge in [0.15, 0.2) is 0 Å². The summed E-state index contributed by atoms with van der Waals surface area (Å²) in [5.41, 5.74) is -0.0166. The summed E-state index contributed by atoms with van der Waals surface area (Å²) in [6.45, 7) is 1.66. The second kappa shape index (κ2) is 5.70. The van der Waals surface area contributed by atoms with E-state index in [-0.39, 0.29) is 5.02 Å². The SMILES string of the molecule is CC(C#N)(Nc1ccccc1Cl)c1ccc(F)cc1Cl. The molecule has 0 saturated heterocycles. The van der Waals surface area contributed by atoms with Gasteiger partial charge in [0.1, 0.15) is 11.4 Å². The molecular formula is C15H11Cl2FN2. The van der Waals surface area contributed by atoms with Crippen LogP contribution in [-0.4, -0.2) is 0 Å². The molecule has 0 fully saturated rings. The lowest BCUT2D eigenvalue weighted by atomic mass is 9.93. The summed E-state index contributed by atoms with van der Waals surface area (Å²) >= 11 is 12.1. The van der Waals surface area contributed by atoms with Gasteiger partial charge in [-0.05, 0) is 31.2 Å². The number of anilines is 1. The van der Waals surface area contributed by atoms with Crippen molar-refractivity contribution in [1.82, 2.24) is 0 Å². The van der Waals surface area contributed by atoms with E-state index in [9.17, 15) is 9.65 Å². The van der Waals surface area contributed by atoms with Gasteiger partial charge in [0.25, 0.3) is 0 Å². The van der Waals surface area contributed by atoms with Crippen LogP contribution in [0.5, 0.6) is 0 Å². The average molecular weight is 309 g/mol. The Morgan fingerprint density at radius 2 is 1.85 bits per heavy atom. The van der Waals surface area contributed by atoms with Gasteiger partial charge >= 0.3 is 0 Å². The molecule has 1 atom stereocenters. The van der Waals surface area contributed by atoms with Crippen molar-refractivity contribution in [3.05, 3.63) is 63.9 Å². The summed E-state index contributed by atoms with van der Waals surface area (Å²) in [4.78, 5) is 0. The highest BCUT2D eigenvalue weighted by Crippen LogP contribution is 2.33. The Morgan fingerprint density at radius 1 is 1.15 bits per heavy atom. The van der Waals surface area contributed by atoms with Gasteiger partial charge in [-0.25, -0.2) is 4.39 Å². The van der Waals surface area contributed by atoms with Crippen molar-refractivity contribution in [3.8, 4) is 6.07 Å². The van der Waals surface area contributed by atoms with Crippen molar-refractivity contribution in [2.75, 3.05) is 5.32 Å². The Morgan fingerprint density at radius 3 is 2.45 bits per heavy atom. The molecule has 0 aliphatic carbocycles. The zero-order chi connectivity index (χ0) is 14.8. The van der Waals surface area contributed by atoms with Crippen LogP contribution in [0.25, 0.3) is 0 Å². The number of para-hydroxylation sites is 1. The zero-order valence-electron chi connectivity index (χ0n) is 10.6. The average Bonchev–Trinajstić information content (AvgIpc) is 2.41. The molecule has 2 aromatic rings. The molecule has 0 spiro atoms. The smallest absolute Gasteiger partial charge is 0.149 e. The number of hydrogen-bond acceptors (Lipinski definition) is 2. The number of nitrogens with zero attached hydrogens (tertiary/aromatic N) is 1. The van der Waals surface area contributed by atoms with E-state index in [4.69, 9.17) is 23.2 Å². The van der Waals surface area contributed by atoms with Crippen molar-refractivity contribution >= 4 is 28.9 Å². The fourth-order valence-electron chi connectivity index (χ4n) is 1.88. The maximum Gasteiger partial charge on any atom is 0.149 e. The van der Waals surface area contributed by atoms with E-state index in [1.165, 1.54) is 18.2 Å². The standard InChI is InChI=1S/C15H11Cl2FN2/c1-15(9-19,11-7-6-10(18)8-13(11)17)20-14-5-3-2-4-12(14)16/h2-8,20H,1H3. The highest BCUT2D eigenvalue weighted by Gasteiger charge is 2.29. The maximum absolute atomic E-state index is 13.1. The van der Waals surface area contributed by atoms with E-state index < -0.39 is 11.4 Å². The molecular weight excluding hydrogens is 298 g/mol.